The van der Waals surface area contributed by atoms with Crippen molar-refractivity contribution >= 4 is 0 Å². The molecule has 0 spiro atoms. The second-order valence-electron chi connectivity index (χ2n) is 6.86. The van der Waals surface area contributed by atoms with Gasteiger partial charge in [0.15, 0.2) is 0 Å². The molecule has 0 aromatic rings. The third-order valence-corrected chi connectivity index (χ3v) is 5.34. The van der Waals surface area contributed by atoms with E-state index in [1.807, 2.05) is 0 Å². The lowest BCUT2D eigenvalue weighted by Crippen LogP contribution is -2.60. The molecular formula is C18H38N2. The zero-order chi connectivity index (χ0) is 15.0. The van der Waals surface area contributed by atoms with Gasteiger partial charge in [-0.05, 0) is 25.7 Å². The third-order valence-electron chi connectivity index (χ3n) is 5.34. The number of nitrogens with zero attached hydrogens (tertiary/aromatic N) is 1. The highest BCUT2D eigenvalue weighted by molar-refractivity contribution is 4.90. The van der Waals surface area contributed by atoms with E-state index in [0.29, 0.717) is 6.04 Å². The topological polar surface area (TPSA) is 15.3 Å². The van der Waals surface area contributed by atoms with E-state index in [0.717, 1.165) is 18.0 Å². The Morgan fingerprint density at radius 1 is 1.10 bits per heavy atom. The molecule has 0 bridgehead atoms. The Kier molecular flexibility index (Phi) is 8.79. The molecule has 4 unspecified atom stereocenters. The minimum Gasteiger partial charge on any atom is -0.311 e. The first kappa shape index (κ1) is 18.0. The van der Waals surface area contributed by atoms with Crippen molar-refractivity contribution in [2.24, 2.45) is 5.92 Å². The summed E-state index contributed by atoms with van der Waals surface area (Å²) in [4.78, 5) is 2.80. The summed E-state index contributed by atoms with van der Waals surface area (Å²) in [7, 11) is 0. The Balaban J connectivity index is 2.48. The van der Waals surface area contributed by atoms with E-state index < -0.39 is 0 Å². The lowest BCUT2D eigenvalue weighted by Gasteiger charge is -2.45. The van der Waals surface area contributed by atoms with Crippen LogP contribution in [0.4, 0.5) is 0 Å². The molecule has 120 valence electrons. The summed E-state index contributed by atoms with van der Waals surface area (Å²) in [5, 5.41) is 3.79. The van der Waals surface area contributed by atoms with Crippen LogP contribution in [0.3, 0.4) is 0 Å². The molecule has 1 fully saturated rings. The van der Waals surface area contributed by atoms with Crippen molar-refractivity contribution in [1.82, 2.24) is 10.2 Å². The van der Waals surface area contributed by atoms with Crippen molar-refractivity contribution in [3.05, 3.63) is 0 Å². The molecule has 2 nitrogen and oxygen atoms in total. The van der Waals surface area contributed by atoms with Crippen LogP contribution in [0.2, 0.25) is 0 Å². The van der Waals surface area contributed by atoms with E-state index >= 15 is 0 Å². The fraction of sp³-hybridized carbons (Fsp3) is 1.00. The summed E-state index contributed by atoms with van der Waals surface area (Å²) < 4.78 is 0. The highest BCUT2D eigenvalue weighted by Gasteiger charge is 2.31. The average Bonchev–Trinajstić information content (AvgIpc) is 2.49. The number of hydrogen-bond donors (Lipinski definition) is 1. The van der Waals surface area contributed by atoms with Crippen molar-refractivity contribution in [1.29, 1.82) is 0 Å². The van der Waals surface area contributed by atoms with Gasteiger partial charge < -0.3 is 5.32 Å². The van der Waals surface area contributed by atoms with E-state index in [1.54, 1.807) is 0 Å². The van der Waals surface area contributed by atoms with Crippen molar-refractivity contribution in [2.75, 3.05) is 13.1 Å². The molecule has 1 saturated heterocycles. The molecule has 1 rings (SSSR count). The van der Waals surface area contributed by atoms with Crippen molar-refractivity contribution in [3.63, 3.8) is 0 Å². The maximum absolute atomic E-state index is 3.79. The smallest absolute Gasteiger partial charge is 0.0221 e. The quantitative estimate of drug-likeness (QED) is 0.629. The van der Waals surface area contributed by atoms with Crippen molar-refractivity contribution in [2.45, 2.75) is 97.7 Å². The van der Waals surface area contributed by atoms with Crippen LogP contribution < -0.4 is 5.32 Å². The molecule has 1 N–H and O–H groups in total. The van der Waals surface area contributed by atoms with Gasteiger partial charge in [-0.3, -0.25) is 4.90 Å². The molecule has 1 heterocycles. The Labute approximate surface area is 127 Å². The van der Waals surface area contributed by atoms with Crippen molar-refractivity contribution in [3.8, 4) is 0 Å². The van der Waals surface area contributed by atoms with Crippen LogP contribution in [-0.2, 0) is 0 Å². The van der Waals surface area contributed by atoms with Gasteiger partial charge in [0.1, 0.15) is 0 Å². The van der Waals surface area contributed by atoms with E-state index in [9.17, 15) is 0 Å². The SMILES string of the molecule is CCCCCCC(C)N1CC(C(C)CC)NCC1CC. The number of nitrogens with one attached hydrogen (secondary N) is 1. The van der Waals surface area contributed by atoms with Crippen LogP contribution in [0.1, 0.15) is 79.6 Å². The summed E-state index contributed by atoms with van der Waals surface area (Å²) in [6, 6.07) is 2.20. The van der Waals surface area contributed by atoms with E-state index in [1.165, 1.54) is 58.0 Å². The third kappa shape index (κ3) is 5.37. The van der Waals surface area contributed by atoms with Gasteiger partial charge in [0.25, 0.3) is 0 Å². The molecule has 4 atom stereocenters. The minimum atomic E-state index is 0.695. The van der Waals surface area contributed by atoms with Gasteiger partial charge >= 0.3 is 0 Å². The first-order chi connectivity index (χ1) is 9.63. The minimum absolute atomic E-state index is 0.695. The predicted molar refractivity (Wildman–Crippen MR) is 90.3 cm³/mol. The molecule has 0 aromatic heterocycles. The zero-order valence-electron chi connectivity index (χ0n) is 14.6. The number of unbranched alkanes of at least 4 members (excludes halogenated alkanes) is 3. The molecule has 20 heavy (non-hydrogen) atoms. The standard InChI is InChI=1S/C18H38N2/c1-6-9-10-11-12-16(5)20-14-18(15(4)7-2)19-13-17(20)8-3/h15-19H,6-14H2,1-5H3. The first-order valence-electron chi connectivity index (χ1n) is 9.13. The lowest BCUT2D eigenvalue weighted by molar-refractivity contribution is 0.0663. The Morgan fingerprint density at radius 3 is 2.45 bits per heavy atom. The Bertz CT molecular complexity index is 242. The van der Waals surface area contributed by atoms with Gasteiger partial charge in [-0.1, -0.05) is 59.8 Å². The largest absolute Gasteiger partial charge is 0.311 e. The number of piperazine rings is 1. The Hall–Kier alpha value is -0.0800. The van der Waals surface area contributed by atoms with Gasteiger partial charge in [-0.2, -0.15) is 0 Å². The second kappa shape index (κ2) is 9.78. The Morgan fingerprint density at radius 2 is 1.85 bits per heavy atom. The van der Waals surface area contributed by atoms with Gasteiger partial charge in [-0.25, -0.2) is 0 Å². The molecule has 0 radical (unpaired) electrons. The second-order valence-corrected chi connectivity index (χ2v) is 6.86. The van der Waals surface area contributed by atoms with E-state index in [-0.39, 0.29) is 0 Å². The molecule has 2 heteroatoms. The monoisotopic (exact) mass is 282 g/mol. The molecule has 0 saturated carbocycles. The maximum atomic E-state index is 3.79. The zero-order valence-corrected chi connectivity index (χ0v) is 14.6. The van der Waals surface area contributed by atoms with Crippen LogP contribution in [-0.4, -0.2) is 36.1 Å². The fourth-order valence-corrected chi connectivity index (χ4v) is 3.46. The van der Waals surface area contributed by atoms with Gasteiger partial charge in [-0.15, -0.1) is 0 Å². The molecule has 0 aliphatic carbocycles. The lowest BCUT2D eigenvalue weighted by atomic mass is 9.93. The molecule has 0 aromatic carbocycles. The van der Waals surface area contributed by atoms with Gasteiger partial charge in [0, 0.05) is 31.2 Å². The summed E-state index contributed by atoms with van der Waals surface area (Å²) in [6.07, 6.45) is 9.51. The maximum Gasteiger partial charge on any atom is 0.0221 e. The molecule has 0 amide bonds. The highest BCUT2D eigenvalue weighted by Crippen LogP contribution is 2.22. The van der Waals surface area contributed by atoms with E-state index in [4.69, 9.17) is 0 Å². The van der Waals surface area contributed by atoms with Crippen molar-refractivity contribution < 1.29 is 0 Å². The van der Waals surface area contributed by atoms with Crippen LogP contribution in [0.5, 0.6) is 0 Å². The summed E-state index contributed by atoms with van der Waals surface area (Å²) in [5.41, 5.74) is 0. The van der Waals surface area contributed by atoms with Gasteiger partial charge in [0.2, 0.25) is 0 Å². The van der Waals surface area contributed by atoms with Crippen LogP contribution in [0.25, 0.3) is 0 Å². The number of rotatable bonds is 9. The average molecular weight is 283 g/mol. The summed E-state index contributed by atoms with van der Waals surface area (Å²) in [6.45, 7) is 14.2. The predicted octanol–water partition coefficient (Wildman–Crippen LogP) is 4.44. The summed E-state index contributed by atoms with van der Waals surface area (Å²) in [5.74, 6) is 0.794. The van der Waals surface area contributed by atoms with Crippen LogP contribution in [0.15, 0.2) is 0 Å². The fourth-order valence-electron chi connectivity index (χ4n) is 3.46. The normalized spacial score (nSPS) is 27.4. The highest BCUT2D eigenvalue weighted by atomic mass is 15.3. The summed E-state index contributed by atoms with van der Waals surface area (Å²) >= 11 is 0. The van der Waals surface area contributed by atoms with Crippen LogP contribution >= 0.6 is 0 Å². The van der Waals surface area contributed by atoms with Crippen LogP contribution in [0, 0.1) is 5.92 Å². The molecular weight excluding hydrogens is 244 g/mol. The molecule has 1 aliphatic heterocycles. The number of hydrogen-bond acceptors (Lipinski definition) is 2. The van der Waals surface area contributed by atoms with Gasteiger partial charge in [0.05, 0.1) is 0 Å². The van der Waals surface area contributed by atoms with E-state index in [2.05, 4.69) is 44.8 Å². The first-order valence-corrected chi connectivity index (χ1v) is 9.13. The molecule has 1 aliphatic rings.